The maximum atomic E-state index is 13.6. The van der Waals surface area contributed by atoms with Gasteiger partial charge in [-0.1, -0.05) is 18.2 Å². The fourth-order valence-corrected chi connectivity index (χ4v) is 3.17. The number of hydrogen-bond acceptors (Lipinski definition) is 3. The predicted octanol–water partition coefficient (Wildman–Crippen LogP) is 4.49. The second-order valence-corrected chi connectivity index (χ2v) is 5.98. The number of halogens is 2. The smallest absolute Gasteiger partial charge is 0.320 e. The van der Waals surface area contributed by atoms with Crippen molar-refractivity contribution in [2.45, 2.75) is 19.5 Å². The fraction of sp³-hybridized carbons (Fsp3) is 0.222. The van der Waals surface area contributed by atoms with Crippen LogP contribution in [0.25, 0.3) is 21.9 Å². The highest BCUT2D eigenvalue weighted by atomic mass is 19.3. The van der Waals surface area contributed by atoms with E-state index in [1.165, 1.54) is 0 Å². The monoisotopic (exact) mass is 341 g/mol. The lowest BCUT2D eigenvalue weighted by molar-refractivity contribution is 0.0708. The minimum atomic E-state index is -2.65. The molecule has 0 fully saturated rings. The third-order valence-electron chi connectivity index (χ3n) is 4.37. The minimum absolute atomic E-state index is 0.303. The second-order valence-electron chi connectivity index (χ2n) is 5.98. The van der Waals surface area contributed by atoms with E-state index in [9.17, 15) is 8.78 Å². The number of imidazole rings is 1. The van der Waals surface area contributed by atoms with Crippen molar-refractivity contribution in [3.63, 3.8) is 0 Å². The van der Waals surface area contributed by atoms with Gasteiger partial charge in [0.25, 0.3) is 0 Å². The highest BCUT2D eigenvalue weighted by molar-refractivity contribution is 5.91. The van der Waals surface area contributed by atoms with Crippen LogP contribution in [0.1, 0.15) is 25.3 Å². The molecule has 4 aromatic rings. The Balaban J connectivity index is 1.77. The van der Waals surface area contributed by atoms with Gasteiger partial charge in [-0.2, -0.15) is 13.9 Å². The van der Waals surface area contributed by atoms with Crippen molar-refractivity contribution in [3.8, 4) is 0 Å². The number of hydrogen-bond donors (Lipinski definition) is 1. The summed E-state index contributed by atoms with van der Waals surface area (Å²) in [5.74, 6) is 0.303. The standard InChI is InChI=1S/C18H17F2N5/c1-11(22-13-7-5-9-15-12(13)10-21-24(15)2)17-23-14-6-3-4-8-16(14)25(17)18(19)20/h3-11,18,22H,1-2H3. The molecular formula is C18H17F2N5. The Morgan fingerprint density at radius 2 is 1.80 bits per heavy atom. The molecule has 0 aliphatic carbocycles. The lowest BCUT2D eigenvalue weighted by atomic mass is 10.2. The summed E-state index contributed by atoms with van der Waals surface area (Å²) in [5, 5.41) is 8.49. The van der Waals surface area contributed by atoms with Crippen LogP contribution in [0.3, 0.4) is 0 Å². The molecule has 2 heterocycles. The van der Waals surface area contributed by atoms with Crippen molar-refractivity contribution >= 4 is 27.6 Å². The lowest BCUT2D eigenvalue weighted by Gasteiger charge is -2.17. The molecule has 0 bridgehead atoms. The Kier molecular flexibility index (Phi) is 3.63. The Labute approximate surface area is 142 Å². The molecule has 2 aromatic heterocycles. The van der Waals surface area contributed by atoms with Gasteiger partial charge >= 0.3 is 6.55 Å². The Bertz CT molecular complexity index is 1050. The Hall–Kier alpha value is -2.96. The van der Waals surface area contributed by atoms with Crippen LogP contribution in [0.2, 0.25) is 0 Å². The summed E-state index contributed by atoms with van der Waals surface area (Å²) in [4.78, 5) is 4.41. The normalized spacial score (nSPS) is 13.0. The van der Waals surface area contributed by atoms with Gasteiger partial charge in [0.15, 0.2) is 0 Å². The second kappa shape index (κ2) is 5.84. The van der Waals surface area contributed by atoms with E-state index in [2.05, 4.69) is 15.4 Å². The highest BCUT2D eigenvalue weighted by Crippen LogP contribution is 2.30. The summed E-state index contributed by atoms with van der Waals surface area (Å²) < 4.78 is 30.0. The first-order valence-electron chi connectivity index (χ1n) is 7.98. The van der Waals surface area contributed by atoms with Gasteiger partial charge in [-0.25, -0.2) is 4.98 Å². The highest BCUT2D eigenvalue weighted by Gasteiger charge is 2.22. The van der Waals surface area contributed by atoms with E-state index in [1.807, 2.05) is 32.2 Å². The van der Waals surface area contributed by atoms with Crippen LogP contribution < -0.4 is 5.32 Å². The van der Waals surface area contributed by atoms with Crippen LogP contribution in [0, 0.1) is 0 Å². The first-order chi connectivity index (χ1) is 12.1. The molecule has 0 saturated heterocycles. The number of nitrogens with one attached hydrogen (secondary N) is 1. The molecule has 0 aliphatic rings. The molecule has 1 unspecified atom stereocenters. The van der Waals surface area contributed by atoms with Crippen LogP contribution in [0.5, 0.6) is 0 Å². The molecule has 5 nitrogen and oxygen atoms in total. The van der Waals surface area contributed by atoms with Crippen molar-refractivity contribution in [1.29, 1.82) is 0 Å². The quantitative estimate of drug-likeness (QED) is 0.595. The van der Waals surface area contributed by atoms with Gasteiger partial charge < -0.3 is 5.32 Å². The third kappa shape index (κ3) is 2.52. The van der Waals surface area contributed by atoms with Crippen molar-refractivity contribution in [2.24, 2.45) is 7.05 Å². The number of alkyl halides is 2. The first-order valence-corrected chi connectivity index (χ1v) is 7.98. The average Bonchev–Trinajstić information content (AvgIpc) is 3.17. The van der Waals surface area contributed by atoms with E-state index in [0.29, 0.717) is 16.9 Å². The molecule has 2 aromatic carbocycles. The maximum Gasteiger partial charge on any atom is 0.320 e. The third-order valence-corrected chi connectivity index (χ3v) is 4.37. The van der Waals surface area contributed by atoms with E-state index in [4.69, 9.17) is 0 Å². The number of fused-ring (bicyclic) bond motifs is 2. The van der Waals surface area contributed by atoms with Crippen molar-refractivity contribution in [1.82, 2.24) is 19.3 Å². The maximum absolute atomic E-state index is 13.6. The van der Waals surface area contributed by atoms with E-state index in [0.717, 1.165) is 21.2 Å². The molecule has 7 heteroatoms. The lowest BCUT2D eigenvalue weighted by Crippen LogP contribution is -2.14. The minimum Gasteiger partial charge on any atom is -0.375 e. The van der Waals surface area contributed by atoms with Crippen molar-refractivity contribution < 1.29 is 8.78 Å². The molecule has 1 atom stereocenters. The van der Waals surface area contributed by atoms with Gasteiger partial charge in [-0.05, 0) is 31.2 Å². The zero-order chi connectivity index (χ0) is 17.6. The SMILES string of the molecule is CC(Nc1cccc2c1cnn2C)c1nc2ccccc2n1C(F)F. The van der Waals surface area contributed by atoms with Crippen LogP contribution >= 0.6 is 0 Å². The molecule has 128 valence electrons. The summed E-state index contributed by atoms with van der Waals surface area (Å²) in [6, 6.07) is 12.3. The first kappa shape index (κ1) is 15.6. The number of benzene rings is 2. The largest absolute Gasteiger partial charge is 0.375 e. The molecule has 25 heavy (non-hydrogen) atoms. The predicted molar refractivity (Wildman–Crippen MR) is 93.7 cm³/mol. The number of aromatic nitrogens is 4. The number of nitrogens with zero attached hydrogens (tertiary/aromatic N) is 4. The summed E-state index contributed by atoms with van der Waals surface area (Å²) in [5.41, 5.74) is 2.80. The molecule has 0 radical (unpaired) electrons. The van der Waals surface area contributed by atoms with E-state index in [1.54, 1.807) is 35.1 Å². The van der Waals surface area contributed by atoms with Gasteiger partial charge in [-0.15, -0.1) is 0 Å². The summed E-state index contributed by atoms with van der Waals surface area (Å²) >= 11 is 0. The van der Waals surface area contributed by atoms with Gasteiger partial charge in [0.05, 0.1) is 28.8 Å². The summed E-state index contributed by atoms with van der Waals surface area (Å²) in [6.45, 7) is -0.823. The molecule has 0 amide bonds. The van der Waals surface area contributed by atoms with Crippen LogP contribution in [-0.2, 0) is 7.05 Å². The number of rotatable bonds is 4. The topological polar surface area (TPSA) is 47.7 Å². The fourth-order valence-electron chi connectivity index (χ4n) is 3.17. The molecule has 4 rings (SSSR count). The zero-order valence-electron chi connectivity index (χ0n) is 13.8. The van der Waals surface area contributed by atoms with Gasteiger partial charge in [0, 0.05) is 18.1 Å². The van der Waals surface area contributed by atoms with Crippen LogP contribution in [-0.4, -0.2) is 19.3 Å². The van der Waals surface area contributed by atoms with Gasteiger partial charge in [-0.3, -0.25) is 9.25 Å². The van der Waals surface area contributed by atoms with Gasteiger partial charge in [0.2, 0.25) is 0 Å². The molecule has 0 aliphatic heterocycles. The Morgan fingerprint density at radius 3 is 2.60 bits per heavy atom. The molecular weight excluding hydrogens is 324 g/mol. The van der Waals surface area contributed by atoms with E-state index < -0.39 is 12.6 Å². The zero-order valence-corrected chi connectivity index (χ0v) is 13.8. The molecule has 0 spiro atoms. The van der Waals surface area contributed by atoms with Crippen molar-refractivity contribution in [3.05, 3.63) is 54.5 Å². The number of anilines is 1. The van der Waals surface area contributed by atoms with E-state index in [-0.39, 0.29) is 0 Å². The van der Waals surface area contributed by atoms with Gasteiger partial charge in [0.1, 0.15) is 5.82 Å². The molecule has 0 saturated carbocycles. The summed E-state index contributed by atoms with van der Waals surface area (Å²) in [6.07, 6.45) is 1.76. The number of aryl methyl sites for hydroxylation is 1. The number of para-hydroxylation sites is 2. The van der Waals surface area contributed by atoms with Crippen LogP contribution in [0.4, 0.5) is 14.5 Å². The molecule has 1 N–H and O–H groups in total. The Morgan fingerprint density at radius 1 is 1.04 bits per heavy atom. The van der Waals surface area contributed by atoms with Crippen LogP contribution in [0.15, 0.2) is 48.7 Å². The van der Waals surface area contributed by atoms with E-state index >= 15 is 0 Å². The van der Waals surface area contributed by atoms with Crippen molar-refractivity contribution in [2.75, 3.05) is 5.32 Å². The average molecular weight is 341 g/mol. The summed E-state index contributed by atoms with van der Waals surface area (Å²) in [7, 11) is 1.87.